The van der Waals surface area contributed by atoms with Crippen LogP contribution in [0.2, 0.25) is 5.02 Å². The van der Waals surface area contributed by atoms with Gasteiger partial charge >= 0.3 is 5.97 Å². The highest BCUT2D eigenvalue weighted by molar-refractivity contribution is 9.10. The largest absolute Gasteiger partial charge is 0.477 e. The number of nitrogens with zero attached hydrogens (tertiary/aromatic N) is 1. The summed E-state index contributed by atoms with van der Waals surface area (Å²) in [4.78, 5) is 15.3. The Morgan fingerprint density at radius 2 is 2.28 bits per heavy atom. The lowest BCUT2D eigenvalue weighted by atomic mass is 10.3. The third kappa shape index (κ3) is 2.66. The first-order valence-corrected chi connectivity index (χ1v) is 6.89. The van der Waals surface area contributed by atoms with E-state index >= 15 is 0 Å². The van der Waals surface area contributed by atoms with Gasteiger partial charge in [-0.1, -0.05) is 29.0 Å². The van der Waals surface area contributed by atoms with Gasteiger partial charge in [0.25, 0.3) is 0 Å². The van der Waals surface area contributed by atoms with E-state index in [2.05, 4.69) is 26.2 Å². The molecule has 0 spiro atoms. The standard InChI is InChI=1S/C11H8BrClN2O2S/c1-5-9(10(16)17)18-11(14-5)15-7-4-2-3-6(13)8(7)12/h2-4H,1H3,(H,14,15)(H,16,17). The molecule has 0 aliphatic carbocycles. The predicted octanol–water partition coefficient (Wildman–Crippen LogP) is 4.31. The normalized spacial score (nSPS) is 10.4. The van der Waals surface area contributed by atoms with Crippen molar-refractivity contribution in [2.24, 2.45) is 0 Å². The molecule has 0 fully saturated rings. The Balaban J connectivity index is 2.32. The van der Waals surface area contributed by atoms with Crippen molar-refractivity contribution in [2.45, 2.75) is 6.92 Å². The summed E-state index contributed by atoms with van der Waals surface area (Å²) in [5.74, 6) is -0.969. The van der Waals surface area contributed by atoms with Crippen molar-refractivity contribution in [3.8, 4) is 0 Å². The molecule has 0 unspecified atom stereocenters. The third-order valence-electron chi connectivity index (χ3n) is 2.18. The van der Waals surface area contributed by atoms with E-state index in [4.69, 9.17) is 16.7 Å². The summed E-state index contributed by atoms with van der Waals surface area (Å²) in [6, 6.07) is 5.38. The van der Waals surface area contributed by atoms with Crippen molar-refractivity contribution in [1.82, 2.24) is 4.98 Å². The molecule has 1 heterocycles. The van der Waals surface area contributed by atoms with Gasteiger partial charge in [-0.05, 0) is 35.0 Å². The monoisotopic (exact) mass is 346 g/mol. The number of carbonyl (C=O) groups is 1. The highest BCUT2D eigenvalue weighted by atomic mass is 79.9. The number of rotatable bonds is 3. The Hall–Kier alpha value is -1.11. The Kier molecular flexibility index (Phi) is 3.89. The van der Waals surface area contributed by atoms with Crippen LogP contribution in [-0.4, -0.2) is 16.1 Å². The van der Waals surface area contributed by atoms with Crippen LogP contribution in [0.3, 0.4) is 0 Å². The summed E-state index contributed by atoms with van der Waals surface area (Å²) in [6.07, 6.45) is 0. The number of nitrogens with one attached hydrogen (secondary N) is 1. The number of anilines is 2. The molecular formula is C11H8BrClN2O2S. The van der Waals surface area contributed by atoms with Crippen LogP contribution < -0.4 is 5.32 Å². The van der Waals surface area contributed by atoms with E-state index in [0.29, 0.717) is 15.8 Å². The molecule has 0 atom stereocenters. The van der Waals surface area contributed by atoms with Gasteiger partial charge in [0.15, 0.2) is 5.13 Å². The molecular weight excluding hydrogens is 340 g/mol. The third-order valence-corrected chi connectivity index (χ3v) is 4.64. The van der Waals surface area contributed by atoms with Gasteiger partial charge in [0.05, 0.1) is 20.9 Å². The number of aromatic carboxylic acids is 1. The molecule has 2 rings (SSSR count). The lowest BCUT2D eigenvalue weighted by Gasteiger charge is -2.06. The first-order valence-electron chi connectivity index (χ1n) is 4.91. The number of halogens is 2. The van der Waals surface area contributed by atoms with Crippen molar-refractivity contribution in [3.05, 3.63) is 38.3 Å². The minimum absolute atomic E-state index is 0.232. The fraction of sp³-hybridized carbons (Fsp3) is 0.0909. The number of carboxylic acids is 1. The Morgan fingerprint density at radius 3 is 2.89 bits per heavy atom. The fourth-order valence-electron chi connectivity index (χ4n) is 1.36. The number of aryl methyl sites for hydroxylation is 1. The summed E-state index contributed by atoms with van der Waals surface area (Å²) in [5, 5.41) is 13.1. The van der Waals surface area contributed by atoms with E-state index in [1.165, 1.54) is 0 Å². The smallest absolute Gasteiger partial charge is 0.347 e. The summed E-state index contributed by atoms with van der Waals surface area (Å²) in [6.45, 7) is 1.66. The van der Waals surface area contributed by atoms with Gasteiger partial charge in [0.1, 0.15) is 4.88 Å². The van der Waals surface area contributed by atoms with Crippen molar-refractivity contribution in [2.75, 3.05) is 5.32 Å². The van der Waals surface area contributed by atoms with Crippen LogP contribution in [0.5, 0.6) is 0 Å². The Morgan fingerprint density at radius 1 is 1.56 bits per heavy atom. The van der Waals surface area contributed by atoms with Gasteiger partial charge in [-0.2, -0.15) is 0 Å². The Labute approximate surface area is 121 Å². The number of hydrogen-bond donors (Lipinski definition) is 2. The number of carboxylic acid groups (broad SMARTS) is 1. The van der Waals surface area contributed by atoms with E-state index in [0.717, 1.165) is 21.5 Å². The molecule has 0 radical (unpaired) electrons. The average Bonchev–Trinajstić information content (AvgIpc) is 2.66. The molecule has 0 amide bonds. The maximum Gasteiger partial charge on any atom is 0.347 e. The predicted molar refractivity (Wildman–Crippen MR) is 76.2 cm³/mol. The van der Waals surface area contributed by atoms with Gasteiger partial charge in [0.2, 0.25) is 0 Å². The van der Waals surface area contributed by atoms with Crippen molar-refractivity contribution in [3.63, 3.8) is 0 Å². The maximum absolute atomic E-state index is 10.9. The lowest BCUT2D eigenvalue weighted by molar-refractivity contribution is 0.0701. The molecule has 0 aliphatic heterocycles. The summed E-state index contributed by atoms with van der Waals surface area (Å²) >= 11 is 10.4. The van der Waals surface area contributed by atoms with Crippen LogP contribution in [0.15, 0.2) is 22.7 Å². The molecule has 0 saturated carbocycles. The Bertz CT molecular complexity index is 615. The number of aromatic nitrogens is 1. The van der Waals surface area contributed by atoms with E-state index in [1.807, 2.05) is 6.07 Å². The molecule has 0 aliphatic rings. The van der Waals surface area contributed by atoms with Crippen molar-refractivity contribution >= 4 is 55.7 Å². The second kappa shape index (κ2) is 5.26. The lowest BCUT2D eigenvalue weighted by Crippen LogP contribution is -1.94. The van der Waals surface area contributed by atoms with Crippen LogP contribution in [0, 0.1) is 6.92 Å². The topological polar surface area (TPSA) is 62.2 Å². The maximum atomic E-state index is 10.9. The molecule has 0 bridgehead atoms. The first kappa shape index (κ1) is 13.3. The zero-order chi connectivity index (χ0) is 13.3. The summed E-state index contributed by atoms with van der Waals surface area (Å²) < 4.78 is 0.719. The van der Waals surface area contributed by atoms with Gasteiger partial charge in [0, 0.05) is 0 Å². The summed E-state index contributed by atoms with van der Waals surface area (Å²) in [7, 11) is 0. The second-order valence-electron chi connectivity index (χ2n) is 3.47. The van der Waals surface area contributed by atoms with E-state index in [9.17, 15) is 4.79 Å². The molecule has 0 saturated heterocycles. The van der Waals surface area contributed by atoms with Gasteiger partial charge < -0.3 is 10.4 Å². The van der Waals surface area contributed by atoms with Crippen LogP contribution >= 0.6 is 38.9 Å². The molecule has 94 valence electrons. The zero-order valence-corrected chi connectivity index (χ0v) is 12.4. The average molecular weight is 348 g/mol. The number of thiazole rings is 1. The van der Waals surface area contributed by atoms with E-state index in [1.54, 1.807) is 19.1 Å². The molecule has 18 heavy (non-hydrogen) atoms. The van der Waals surface area contributed by atoms with E-state index < -0.39 is 5.97 Å². The molecule has 1 aromatic carbocycles. The first-order chi connectivity index (χ1) is 8.49. The number of benzene rings is 1. The minimum atomic E-state index is -0.969. The molecule has 2 N–H and O–H groups in total. The molecule has 1 aromatic heterocycles. The van der Waals surface area contributed by atoms with Crippen LogP contribution in [0.1, 0.15) is 15.4 Å². The molecule has 7 heteroatoms. The quantitative estimate of drug-likeness (QED) is 0.868. The van der Waals surface area contributed by atoms with Crippen molar-refractivity contribution in [1.29, 1.82) is 0 Å². The second-order valence-corrected chi connectivity index (χ2v) is 5.66. The zero-order valence-electron chi connectivity index (χ0n) is 9.20. The highest BCUT2D eigenvalue weighted by Gasteiger charge is 2.14. The minimum Gasteiger partial charge on any atom is -0.477 e. The summed E-state index contributed by atoms with van der Waals surface area (Å²) in [5.41, 5.74) is 1.24. The van der Waals surface area contributed by atoms with Crippen LogP contribution in [0.4, 0.5) is 10.8 Å². The van der Waals surface area contributed by atoms with E-state index in [-0.39, 0.29) is 4.88 Å². The van der Waals surface area contributed by atoms with Gasteiger partial charge in [-0.3, -0.25) is 0 Å². The van der Waals surface area contributed by atoms with Gasteiger partial charge in [-0.25, -0.2) is 9.78 Å². The van der Waals surface area contributed by atoms with Crippen LogP contribution in [0.25, 0.3) is 0 Å². The van der Waals surface area contributed by atoms with Gasteiger partial charge in [-0.15, -0.1) is 0 Å². The fourth-order valence-corrected chi connectivity index (χ4v) is 2.72. The SMILES string of the molecule is Cc1nc(Nc2cccc(Cl)c2Br)sc1C(=O)O. The van der Waals surface area contributed by atoms with Crippen molar-refractivity contribution < 1.29 is 9.90 Å². The van der Waals surface area contributed by atoms with Crippen LogP contribution in [-0.2, 0) is 0 Å². The number of hydrogen-bond acceptors (Lipinski definition) is 4. The molecule has 2 aromatic rings. The highest BCUT2D eigenvalue weighted by Crippen LogP contribution is 2.33. The molecule has 4 nitrogen and oxygen atoms in total.